The van der Waals surface area contributed by atoms with Crippen molar-refractivity contribution in [1.29, 1.82) is 0 Å². The Kier molecular flexibility index (Phi) is 4.68. The summed E-state index contributed by atoms with van der Waals surface area (Å²) in [4.78, 5) is 4.37. The van der Waals surface area contributed by atoms with Crippen LogP contribution in [0.2, 0.25) is 0 Å². The summed E-state index contributed by atoms with van der Waals surface area (Å²) in [6, 6.07) is 3.75. The van der Waals surface area contributed by atoms with E-state index in [1.165, 1.54) is 0 Å². The molecule has 0 fully saturated rings. The van der Waals surface area contributed by atoms with Crippen molar-refractivity contribution in [2.75, 3.05) is 33.7 Å². The molecule has 0 spiro atoms. The minimum atomic E-state index is 0.507. The van der Waals surface area contributed by atoms with Crippen LogP contribution in [0.3, 0.4) is 0 Å². The molecule has 20 heavy (non-hydrogen) atoms. The molecule has 0 saturated carbocycles. The van der Waals surface area contributed by atoms with Crippen molar-refractivity contribution in [2.45, 2.75) is 19.4 Å². The van der Waals surface area contributed by atoms with Gasteiger partial charge in [-0.3, -0.25) is 0 Å². The molecule has 0 saturated heterocycles. The average Bonchev–Trinajstić information content (AvgIpc) is 2.77. The van der Waals surface area contributed by atoms with Crippen LogP contribution >= 0.6 is 0 Å². The highest BCUT2D eigenvalue weighted by molar-refractivity contribution is 5.82. The number of nitrogens with zero attached hydrogens (tertiary/aromatic N) is 2. The molecule has 0 unspecified atom stereocenters. The highest BCUT2D eigenvalue weighted by atomic mass is 16.5. The number of hydrogen-bond acceptors (Lipinski definition) is 5. The van der Waals surface area contributed by atoms with Crippen LogP contribution < -0.4 is 15.2 Å². The molecule has 6 nitrogen and oxygen atoms in total. The van der Waals surface area contributed by atoms with E-state index in [1.54, 1.807) is 21.3 Å². The maximum Gasteiger partial charge on any atom is 0.201 e. The van der Waals surface area contributed by atoms with Gasteiger partial charge in [-0.1, -0.05) is 0 Å². The molecule has 1 heterocycles. The van der Waals surface area contributed by atoms with Gasteiger partial charge in [0.2, 0.25) is 5.95 Å². The quantitative estimate of drug-likeness (QED) is 0.785. The van der Waals surface area contributed by atoms with E-state index in [2.05, 4.69) is 4.98 Å². The normalized spacial score (nSPS) is 10.9. The number of aromatic nitrogens is 2. The van der Waals surface area contributed by atoms with Gasteiger partial charge in [-0.15, -0.1) is 0 Å². The lowest BCUT2D eigenvalue weighted by Crippen LogP contribution is -2.04. The van der Waals surface area contributed by atoms with E-state index in [0.29, 0.717) is 17.4 Å². The van der Waals surface area contributed by atoms with E-state index in [1.807, 2.05) is 16.7 Å². The van der Waals surface area contributed by atoms with Crippen molar-refractivity contribution in [2.24, 2.45) is 0 Å². The van der Waals surface area contributed by atoms with Crippen LogP contribution in [-0.4, -0.2) is 37.5 Å². The molecule has 0 radical (unpaired) electrons. The zero-order valence-electron chi connectivity index (χ0n) is 12.2. The Morgan fingerprint density at radius 3 is 2.45 bits per heavy atom. The topological polar surface area (TPSA) is 71.5 Å². The number of imidazole rings is 1. The zero-order valence-corrected chi connectivity index (χ0v) is 12.2. The number of ether oxygens (including phenoxy) is 3. The van der Waals surface area contributed by atoms with Crippen LogP contribution in [0.4, 0.5) is 5.95 Å². The predicted molar refractivity (Wildman–Crippen MR) is 78.4 cm³/mol. The second-order valence-electron chi connectivity index (χ2n) is 4.52. The van der Waals surface area contributed by atoms with E-state index in [4.69, 9.17) is 19.9 Å². The van der Waals surface area contributed by atoms with Crippen molar-refractivity contribution in [3.63, 3.8) is 0 Å². The third kappa shape index (κ3) is 2.80. The number of fused-ring (bicyclic) bond motifs is 1. The minimum Gasteiger partial charge on any atom is -0.493 e. The van der Waals surface area contributed by atoms with Gasteiger partial charge in [-0.25, -0.2) is 4.98 Å². The Balaban J connectivity index is 2.31. The molecule has 0 aliphatic heterocycles. The van der Waals surface area contributed by atoms with Crippen molar-refractivity contribution in [3.8, 4) is 11.5 Å². The van der Waals surface area contributed by atoms with Crippen LogP contribution in [-0.2, 0) is 11.3 Å². The highest BCUT2D eigenvalue weighted by Gasteiger charge is 2.13. The fraction of sp³-hybridized carbons (Fsp3) is 0.500. The Bertz CT molecular complexity index is 581. The summed E-state index contributed by atoms with van der Waals surface area (Å²) >= 11 is 0. The SMILES string of the molecule is COCCCCn1c(N)nc2cc(OC)c(OC)cc21. The smallest absolute Gasteiger partial charge is 0.201 e. The lowest BCUT2D eigenvalue weighted by Gasteiger charge is -2.09. The summed E-state index contributed by atoms with van der Waals surface area (Å²) in [5.41, 5.74) is 7.76. The van der Waals surface area contributed by atoms with E-state index < -0.39 is 0 Å². The van der Waals surface area contributed by atoms with Crippen LogP contribution in [0.5, 0.6) is 11.5 Å². The molecule has 0 atom stereocenters. The van der Waals surface area contributed by atoms with E-state index in [9.17, 15) is 0 Å². The second-order valence-corrected chi connectivity index (χ2v) is 4.52. The molecule has 6 heteroatoms. The molecule has 0 amide bonds. The largest absolute Gasteiger partial charge is 0.493 e. The molecule has 2 rings (SSSR count). The molecule has 2 N–H and O–H groups in total. The Labute approximate surface area is 118 Å². The van der Waals surface area contributed by atoms with Gasteiger partial charge in [0.05, 0.1) is 25.3 Å². The van der Waals surface area contributed by atoms with E-state index in [-0.39, 0.29) is 0 Å². The van der Waals surface area contributed by atoms with Crippen LogP contribution in [0.25, 0.3) is 11.0 Å². The third-order valence-corrected chi connectivity index (χ3v) is 3.26. The standard InChI is InChI=1S/C14H21N3O3/c1-18-7-5-4-6-17-11-9-13(20-3)12(19-2)8-10(11)16-14(17)15/h8-9H,4-7H2,1-3H3,(H2,15,16). The van der Waals surface area contributed by atoms with Gasteiger partial charge in [0.15, 0.2) is 11.5 Å². The van der Waals surface area contributed by atoms with Gasteiger partial charge >= 0.3 is 0 Å². The Morgan fingerprint density at radius 2 is 1.80 bits per heavy atom. The predicted octanol–water partition coefficient (Wildman–Crippen LogP) is 2.06. The summed E-state index contributed by atoms with van der Waals surface area (Å²) < 4.78 is 17.6. The molecule has 0 bridgehead atoms. The molecule has 0 aliphatic carbocycles. The average molecular weight is 279 g/mol. The van der Waals surface area contributed by atoms with E-state index in [0.717, 1.165) is 37.0 Å². The maximum absolute atomic E-state index is 5.99. The number of methoxy groups -OCH3 is 3. The number of aryl methyl sites for hydroxylation is 1. The van der Waals surface area contributed by atoms with Crippen molar-refractivity contribution in [3.05, 3.63) is 12.1 Å². The first-order chi connectivity index (χ1) is 9.71. The summed E-state index contributed by atoms with van der Waals surface area (Å²) in [7, 11) is 4.93. The summed E-state index contributed by atoms with van der Waals surface area (Å²) in [5.74, 6) is 1.84. The van der Waals surface area contributed by atoms with Crippen molar-refractivity contribution in [1.82, 2.24) is 9.55 Å². The van der Waals surface area contributed by atoms with Crippen LogP contribution in [0, 0.1) is 0 Å². The lowest BCUT2D eigenvalue weighted by molar-refractivity contribution is 0.191. The number of nitrogen functional groups attached to an aromatic ring is 1. The first-order valence-electron chi connectivity index (χ1n) is 6.58. The van der Waals surface area contributed by atoms with Gasteiger partial charge in [-0.05, 0) is 12.8 Å². The lowest BCUT2D eigenvalue weighted by atomic mass is 10.2. The Hall–Kier alpha value is -1.95. The number of anilines is 1. The third-order valence-electron chi connectivity index (χ3n) is 3.26. The Morgan fingerprint density at radius 1 is 1.10 bits per heavy atom. The van der Waals surface area contributed by atoms with Crippen LogP contribution in [0.15, 0.2) is 12.1 Å². The highest BCUT2D eigenvalue weighted by Crippen LogP contribution is 2.33. The summed E-state index contributed by atoms with van der Waals surface area (Å²) in [5, 5.41) is 0. The number of benzene rings is 1. The fourth-order valence-corrected chi connectivity index (χ4v) is 2.22. The molecule has 1 aromatic heterocycles. The first-order valence-corrected chi connectivity index (χ1v) is 6.58. The number of hydrogen-bond donors (Lipinski definition) is 1. The van der Waals surface area contributed by atoms with Gasteiger partial charge in [0.1, 0.15) is 0 Å². The summed E-state index contributed by atoms with van der Waals surface area (Å²) in [6.07, 6.45) is 1.97. The minimum absolute atomic E-state index is 0.507. The van der Waals surface area contributed by atoms with Crippen molar-refractivity contribution >= 4 is 17.0 Å². The molecular weight excluding hydrogens is 258 g/mol. The molecule has 2 aromatic rings. The van der Waals surface area contributed by atoms with Gasteiger partial charge in [0, 0.05) is 32.4 Å². The summed E-state index contributed by atoms with van der Waals surface area (Å²) in [6.45, 7) is 1.56. The number of nitrogens with two attached hydrogens (primary N) is 1. The molecule has 1 aromatic carbocycles. The van der Waals surface area contributed by atoms with E-state index >= 15 is 0 Å². The van der Waals surface area contributed by atoms with Gasteiger partial charge in [-0.2, -0.15) is 0 Å². The monoisotopic (exact) mass is 279 g/mol. The molecule has 110 valence electrons. The molecule has 0 aliphatic rings. The van der Waals surface area contributed by atoms with Crippen molar-refractivity contribution < 1.29 is 14.2 Å². The zero-order chi connectivity index (χ0) is 14.5. The van der Waals surface area contributed by atoms with Gasteiger partial charge in [0.25, 0.3) is 0 Å². The maximum atomic E-state index is 5.99. The van der Waals surface area contributed by atoms with Crippen LogP contribution in [0.1, 0.15) is 12.8 Å². The second kappa shape index (κ2) is 6.47. The fourth-order valence-electron chi connectivity index (χ4n) is 2.22. The first kappa shape index (κ1) is 14.5. The molecular formula is C14H21N3O3. The number of unbranched alkanes of at least 4 members (excludes halogenated alkanes) is 1. The number of rotatable bonds is 7. The van der Waals surface area contributed by atoms with Gasteiger partial charge < -0.3 is 24.5 Å².